The third-order valence-electron chi connectivity index (χ3n) is 5.30. The molecule has 1 saturated heterocycles. The molecule has 2 aliphatic carbocycles. The zero-order valence-electron chi connectivity index (χ0n) is 11.5. The molecule has 0 radical (unpaired) electrons. The zero-order valence-corrected chi connectivity index (χ0v) is 11.5. The van der Waals surface area contributed by atoms with Crippen LogP contribution in [0.2, 0.25) is 0 Å². The highest BCUT2D eigenvalue weighted by Crippen LogP contribution is 2.31. The van der Waals surface area contributed by atoms with Crippen molar-refractivity contribution in [3.8, 4) is 0 Å². The molecule has 18 heavy (non-hydrogen) atoms. The number of hydrogen-bond acceptors (Lipinski definition) is 3. The van der Waals surface area contributed by atoms with Crippen LogP contribution in [0.1, 0.15) is 51.4 Å². The van der Waals surface area contributed by atoms with Crippen molar-refractivity contribution in [3.63, 3.8) is 0 Å². The fourth-order valence-corrected chi connectivity index (χ4v) is 4.21. The molecule has 3 nitrogen and oxygen atoms in total. The van der Waals surface area contributed by atoms with E-state index in [0.29, 0.717) is 18.2 Å². The quantitative estimate of drug-likeness (QED) is 0.836. The Hall–Kier alpha value is -0.120. The molecule has 0 amide bonds. The van der Waals surface area contributed by atoms with Gasteiger partial charge in [0.25, 0.3) is 0 Å². The second-order valence-electron chi connectivity index (χ2n) is 6.46. The van der Waals surface area contributed by atoms with Crippen LogP contribution < -0.4 is 5.73 Å². The lowest BCUT2D eigenvalue weighted by atomic mass is 9.89. The summed E-state index contributed by atoms with van der Waals surface area (Å²) in [4.78, 5) is 2.65. The number of morpholine rings is 1. The van der Waals surface area contributed by atoms with E-state index in [1.165, 1.54) is 51.4 Å². The molecule has 0 aromatic rings. The van der Waals surface area contributed by atoms with E-state index in [-0.39, 0.29) is 0 Å². The van der Waals surface area contributed by atoms with Crippen molar-refractivity contribution in [1.82, 2.24) is 4.90 Å². The average Bonchev–Trinajstić information content (AvgIpc) is 2.93. The molecule has 0 aromatic heterocycles. The molecule has 1 heterocycles. The Bertz CT molecular complexity index is 263. The summed E-state index contributed by atoms with van der Waals surface area (Å²) >= 11 is 0. The molecule has 104 valence electrons. The van der Waals surface area contributed by atoms with Gasteiger partial charge in [-0.25, -0.2) is 0 Å². The first-order chi connectivity index (χ1) is 8.84. The topological polar surface area (TPSA) is 38.5 Å². The molecule has 3 atom stereocenters. The van der Waals surface area contributed by atoms with Crippen molar-refractivity contribution in [1.29, 1.82) is 0 Å². The number of ether oxygens (including phenoxy) is 1. The van der Waals surface area contributed by atoms with Crippen molar-refractivity contribution < 1.29 is 4.74 Å². The lowest BCUT2D eigenvalue weighted by Gasteiger charge is -2.45. The lowest BCUT2D eigenvalue weighted by molar-refractivity contribution is -0.0905. The second kappa shape index (κ2) is 5.89. The number of nitrogens with zero attached hydrogens (tertiary/aromatic N) is 1. The minimum absolute atomic E-state index is 0.396. The molecule has 0 aromatic carbocycles. The minimum atomic E-state index is 0.396. The third-order valence-corrected chi connectivity index (χ3v) is 5.30. The van der Waals surface area contributed by atoms with E-state index in [0.717, 1.165) is 25.6 Å². The SMILES string of the molecule is NC(CN1CCOC2CCCCC21)C1CCCC1. The molecule has 3 heteroatoms. The average molecular weight is 252 g/mol. The number of fused-ring (bicyclic) bond motifs is 1. The first kappa shape index (κ1) is 12.9. The number of hydrogen-bond donors (Lipinski definition) is 1. The summed E-state index contributed by atoms with van der Waals surface area (Å²) < 4.78 is 5.94. The van der Waals surface area contributed by atoms with Crippen molar-refractivity contribution in [2.45, 2.75) is 69.6 Å². The van der Waals surface area contributed by atoms with Gasteiger partial charge in [-0.3, -0.25) is 4.90 Å². The summed E-state index contributed by atoms with van der Waals surface area (Å²) in [6, 6.07) is 1.06. The maximum atomic E-state index is 6.45. The van der Waals surface area contributed by atoms with Gasteiger partial charge in [0, 0.05) is 25.2 Å². The molecular weight excluding hydrogens is 224 g/mol. The Kier molecular flexibility index (Phi) is 4.22. The Morgan fingerprint density at radius 1 is 1.06 bits per heavy atom. The molecule has 1 aliphatic heterocycles. The Morgan fingerprint density at radius 3 is 2.61 bits per heavy atom. The molecule has 3 aliphatic rings. The summed E-state index contributed by atoms with van der Waals surface area (Å²) in [7, 11) is 0. The number of rotatable bonds is 3. The standard InChI is InChI=1S/C15H28N2O/c16-13(12-5-1-2-6-12)11-17-9-10-18-15-8-4-3-7-14(15)17/h12-15H,1-11,16H2. The van der Waals surface area contributed by atoms with Gasteiger partial charge in [-0.1, -0.05) is 25.7 Å². The molecule has 0 spiro atoms. The smallest absolute Gasteiger partial charge is 0.0730 e. The summed E-state index contributed by atoms with van der Waals surface area (Å²) in [5.74, 6) is 0.787. The fourth-order valence-electron chi connectivity index (χ4n) is 4.21. The minimum Gasteiger partial charge on any atom is -0.375 e. The van der Waals surface area contributed by atoms with Crippen LogP contribution in [0.5, 0.6) is 0 Å². The predicted octanol–water partition coefficient (Wildman–Crippen LogP) is 2.15. The van der Waals surface area contributed by atoms with Gasteiger partial charge < -0.3 is 10.5 Å². The Morgan fingerprint density at radius 2 is 1.78 bits per heavy atom. The normalized spacial score (nSPS) is 36.5. The molecule has 3 rings (SSSR count). The highest BCUT2D eigenvalue weighted by molar-refractivity contribution is 4.90. The first-order valence-electron chi connectivity index (χ1n) is 7.96. The van der Waals surface area contributed by atoms with Gasteiger partial charge in [-0.05, 0) is 31.6 Å². The van der Waals surface area contributed by atoms with E-state index < -0.39 is 0 Å². The molecular formula is C15H28N2O. The van der Waals surface area contributed by atoms with E-state index in [9.17, 15) is 0 Å². The van der Waals surface area contributed by atoms with Gasteiger partial charge in [-0.2, -0.15) is 0 Å². The van der Waals surface area contributed by atoms with E-state index in [4.69, 9.17) is 10.5 Å². The van der Waals surface area contributed by atoms with Gasteiger partial charge in [0.05, 0.1) is 12.7 Å². The van der Waals surface area contributed by atoms with Gasteiger partial charge in [0.15, 0.2) is 0 Å². The Balaban J connectivity index is 1.56. The van der Waals surface area contributed by atoms with Crippen LogP contribution in [0.4, 0.5) is 0 Å². The highest BCUT2D eigenvalue weighted by Gasteiger charge is 2.35. The monoisotopic (exact) mass is 252 g/mol. The highest BCUT2D eigenvalue weighted by atomic mass is 16.5. The van der Waals surface area contributed by atoms with Crippen molar-refractivity contribution in [2.24, 2.45) is 11.7 Å². The predicted molar refractivity (Wildman–Crippen MR) is 73.5 cm³/mol. The summed E-state index contributed by atoms with van der Waals surface area (Å²) in [6.07, 6.45) is 11.3. The van der Waals surface area contributed by atoms with Crippen molar-refractivity contribution in [3.05, 3.63) is 0 Å². The summed E-state index contributed by atoms with van der Waals surface area (Å²) in [5.41, 5.74) is 6.45. The van der Waals surface area contributed by atoms with Crippen LogP contribution in [-0.4, -0.2) is 42.8 Å². The van der Waals surface area contributed by atoms with Crippen molar-refractivity contribution >= 4 is 0 Å². The molecule has 2 N–H and O–H groups in total. The zero-order chi connectivity index (χ0) is 12.4. The van der Waals surface area contributed by atoms with Crippen LogP contribution in [0.25, 0.3) is 0 Å². The maximum Gasteiger partial charge on any atom is 0.0730 e. The molecule has 2 saturated carbocycles. The first-order valence-corrected chi connectivity index (χ1v) is 7.96. The van der Waals surface area contributed by atoms with E-state index in [1.54, 1.807) is 0 Å². The molecule has 3 unspecified atom stereocenters. The van der Waals surface area contributed by atoms with Crippen molar-refractivity contribution in [2.75, 3.05) is 19.7 Å². The van der Waals surface area contributed by atoms with Gasteiger partial charge in [-0.15, -0.1) is 0 Å². The largest absolute Gasteiger partial charge is 0.375 e. The van der Waals surface area contributed by atoms with E-state index >= 15 is 0 Å². The van der Waals surface area contributed by atoms with Gasteiger partial charge in [0.1, 0.15) is 0 Å². The van der Waals surface area contributed by atoms with Crippen LogP contribution in [0.3, 0.4) is 0 Å². The number of nitrogens with two attached hydrogens (primary N) is 1. The molecule has 0 bridgehead atoms. The summed E-state index contributed by atoms with van der Waals surface area (Å²) in [6.45, 7) is 3.12. The van der Waals surface area contributed by atoms with Crippen LogP contribution in [0, 0.1) is 5.92 Å². The third kappa shape index (κ3) is 2.73. The van der Waals surface area contributed by atoms with Gasteiger partial charge in [0.2, 0.25) is 0 Å². The van der Waals surface area contributed by atoms with Gasteiger partial charge >= 0.3 is 0 Å². The van der Waals surface area contributed by atoms with Crippen LogP contribution in [-0.2, 0) is 4.74 Å². The second-order valence-corrected chi connectivity index (χ2v) is 6.46. The van der Waals surface area contributed by atoms with E-state index in [1.807, 2.05) is 0 Å². The summed E-state index contributed by atoms with van der Waals surface area (Å²) in [5, 5.41) is 0. The van der Waals surface area contributed by atoms with Crippen LogP contribution >= 0.6 is 0 Å². The van der Waals surface area contributed by atoms with Crippen LogP contribution in [0.15, 0.2) is 0 Å². The maximum absolute atomic E-state index is 6.45. The Labute approximate surface area is 111 Å². The van der Waals surface area contributed by atoms with E-state index in [2.05, 4.69) is 4.90 Å². The lowest BCUT2D eigenvalue weighted by Crippen LogP contribution is -2.56. The molecule has 3 fully saturated rings. The fraction of sp³-hybridized carbons (Fsp3) is 1.00.